The Morgan fingerprint density at radius 2 is 2.24 bits per heavy atom. The van der Waals surface area contributed by atoms with Crippen LogP contribution in [0.3, 0.4) is 0 Å². The first kappa shape index (κ1) is 15.2. The second kappa shape index (κ2) is 6.07. The van der Waals surface area contributed by atoms with Crippen molar-refractivity contribution in [1.82, 2.24) is 10.3 Å². The molecule has 21 heavy (non-hydrogen) atoms. The maximum Gasteiger partial charge on any atom is 0.300 e. The number of carbonyl (C=O) groups excluding carboxylic acids is 1. The highest BCUT2D eigenvalue weighted by atomic mass is 16.6. The average molecular weight is 292 g/mol. The number of rotatable bonds is 7. The maximum atomic E-state index is 12.2. The molecule has 1 fully saturated rings. The van der Waals surface area contributed by atoms with Crippen molar-refractivity contribution in [3.05, 3.63) is 27.9 Å². The summed E-state index contributed by atoms with van der Waals surface area (Å²) in [5.74, 6) is 0.0574. The summed E-state index contributed by atoms with van der Waals surface area (Å²) >= 11 is 0. The van der Waals surface area contributed by atoms with Crippen LogP contribution in [-0.4, -0.2) is 28.9 Å². The predicted octanol–water partition coefficient (Wildman–Crippen LogP) is 2.34. The number of nitrogens with zero attached hydrogens (tertiary/aromatic N) is 2. The number of nitro groups is 1. The molecule has 0 aliphatic heterocycles. The van der Waals surface area contributed by atoms with Crippen molar-refractivity contribution in [3.8, 4) is 0 Å². The molecule has 0 saturated heterocycles. The second-order valence-corrected chi connectivity index (χ2v) is 5.76. The van der Waals surface area contributed by atoms with Crippen LogP contribution in [0.4, 0.5) is 11.5 Å². The van der Waals surface area contributed by atoms with Crippen molar-refractivity contribution in [3.63, 3.8) is 0 Å². The Morgan fingerprint density at radius 3 is 2.81 bits per heavy atom. The summed E-state index contributed by atoms with van der Waals surface area (Å²) in [4.78, 5) is 26.6. The molecule has 0 spiro atoms. The third-order valence-electron chi connectivity index (χ3n) is 3.66. The minimum Gasteiger partial charge on any atom is -0.370 e. The molecule has 0 radical (unpaired) electrons. The zero-order valence-electron chi connectivity index (χ0n) is 12.3. The van der Waals surface area contributed by atoms with Gasteiger partial charge >= 0.3 is 0 Å². The molecule has 2 N–H and O–H groups in total. The summed E-state index contributed by atoms with van der Waals surface area (Å²) in [6.45, 7) is 5.33. The lowest BCUT2D eigenvalue weighted by Gasteiger charge is -2.11. The van der Waals surface area contributed by atoms with Crippen molar-refractivity contribution >= 4 is 17.4 Å². The van der Waals surface area contributed by atoms with Crippen LogP contribution >= 0.6 is 0 Å². The van der Waals surface area contributed by atoms with Gasteiger partial charge in [-0.1, -0.05) is 13.8 Å². The first-order valence-corrected chi connectivity index (χ1v) is 7.12. The molecular weight excluding hydrogens is 272 g/mol. The lowest BCUT2D eigenvalue weighted by atomic mass is 10.1. The van der Waals surface area contributed by atoms with Crippen LogP contribution in [-0.2, 0) is 0 Å². The monoisotopic (exact) mass is 292 g/mol. The van der Waals surface area contributed by atoms with Gasteiger partial charge in [-0.25, -0.2) is 4.98 Å². The summed E-state index contributed by atoms with van der Waals surface area (Å²) in [7, 11) is 0. The Hall–Kier alpha value is -2.18. The number of pyridine rings is 1. The van der Waals surface area contributed by atoms with Crippen LogP contribution in [0.25, 0.3) is 0 Å². The number of carbonyl (C=O) groups is 1. The zero-order valence-corrected chi connectivity index (χ0v) is 12.3. The molecule has 2 rings (SSSR count). The van der Waals surface area contributed by atoms with E-state index in [1.54, 1.807) is 0 Å². The third-order valence-corrected chi connectivity index (χ3v) is 3.66. The van der Waals surface area contributed by atoms with Crippen molar-refractivity contribution in [2.75, 3.05) is 18.4 Å². The van der Waals surface area contributed by atoms with Gasteiger partial charge in [0.2, 0.25) is 0 Å². The number of hydrogen-bond donors (Lipinski definition) is 2. The van der Waals surface area contributed by atoms with E-state index in [0.29, 0.717) is 18.9 Å². The van der Waals surface area contributed by atoms with Gasteiger partial charge in [-0.2, -0.15) is 0 Å². The summed E-state index contributed by atoms with van der Waals surface area (Å²) in [5, 5.41) is 16.8. The summed E-state index contributed by atoms with van der Waals surface area (Å²) in [6, 6.07) is 1.44. The van der Waals surface area contributed by atoms with E-state index in [0.717, 1.165) is 25.5 Å². The van der Waals surface area contributed by atoms with E-state index in [4.69, 9.17) is 0 Å². The van der Waals surface area contributed by atoms with Gasteiger partial charge in [0.15, 0.2) is 0 Å². The largest absolute Gasteiger partial charge is 0.370 e. The molecule has 1 saturated carbocycles. The minimum absolute atomic E-state index is 0.0536. The van der Waals surface area contributed by atoms with Gasteiger partial charge in [0, 0.05) is 19.2 Å². The molecule has 0 aromatic carbocycles. The number of nitrogens with one attached hydrogen (secondary N) is 2. The Bertz CT molecular complexity index is 555. The van der Waals surface area contributed by atoms with E-state index >= 15 is 0 Å². The molecule has 0 unspecified atom stereocenters. The Balaban J connectivity index is 2.16. The average Bonchev–Trinajstić information content (AvgIpc) is 3.20. The highest BCUT2D eigenvalue weighted by Crippen LogP contribution is 2.44. The molecule has 7 nitrogen and oxygen atoms in total. The quantitative estimate of drug-likeness (QED) is 0.594. The van der Waals surface area contributed by atoms with E-state index < -0.39 is 10.8 Å². The van der Waals surface area contributed by atoms with Gasteiger partial charge in [-0.15, -0.1) is 0 Å². The van der Waals surface area contributed by atoms with E-state index in [1.165, 1.54) is 6.07 Å². The maximum absolute atomic E-state index is 12.2. The molecule has 0 atom stereocenters. The molecule has 1 aliphatic carbocycles. The first-order valence-electron chi connectivity index (χ1n) is 7.12. The summed E-state index contributed by atoms with van der Waals surface area (Å²) in [5.41, 5.74) is -0.0610. The van der Waals surface area contributed by atoms with Crippen molar-refractivity contribution in [2.24, 2.45) is 5.41 Å². The topological polar surface area (TPSA) is 97.2 Å². The standard InChI is InChI=1S/C14H20N4O3/c1-3-6-15-12-7-10(11(8-16-12)18(20)21)13(19)17-9-14(2)4-5-14/h7-8H,3-6,9H2,1-2H3,(H,15,16)(H,17,19). The normalized spacial score (nSPS) is 15.3. The van der Waals surface area contributed by atoms with Crippen molar-refractivity contribution in [1.29, 1.82) is 0 Å². The van der Waals surface area contributed by atoms with E-state index in [-0.39, 0.29) is 16.7 Å². The highest BCUT2D eigenvalue weighted by molar-refractivity contribution is 5.98. The molecule has 1 aliphatic rings. The van der Waals surface area contributed by atoms with Crippen LogP contribution in [0.15, 0.2) is 12.3 Å². The van der Waals surface area contributed by atoms with E-state index in [2.05, 4.69) is 22.5 Å². The lowest BCUT2D eigenvalue weighted by Crippen LogP contribution is -2.29. The fourth-order valence-corrected chi connectivity index (χ4v) is 1.90. The van der Waals surface area contributed by atoms with Gasteiger partial charge in [0.05, 0.1) is 4.92 Å². The van der Waals surface area contributed by atoms with Crippen molar-refractivity contribution < 1.29 is 9.72 Å². The molecule has 1 aromatic rings. The van der Waals surface area contributed by atoms with Crippen LogP contribution in [0, 0.1) is 15.5 Å². The smallest absolute Gasteiger partial charge is 0.300 e. The summed E-state index contributed by atoms with van der Waals surface area (Å²) in [6.07, 6.45) is 4.19. The minimum atomic E-state index is -0.579. The van der Waals surface area contributed by atoms with E-state index in [1.807, 2.05) is 6.92 Å². The SMILES string of the molecule is CCCNc1cc(C(=O)NCC2(C)CC2)c([N+](=O)[O-])cn1. The molecular formula is C14H20N4O3. The molecule has 1 aromatic heterocycles. The first-order chi connectivity index (χ1) is 9.95. The molecule has 1 heterocycles. The van der Waals surface area contributed by atoms with Crippen LogP contribution in [0.2, 0.25) is 0 Å². The van der Waals surface area contributed by atoms with Crippen LogP contribution in [0.5, 0.6) is 0 Å². The van der Waals surface area contributed by atoms with Crippen LogP contribution < -0.4 is 10.6 Å². The Morgan fingerprint density at radius 1 is 1.52 bits per heavy atom. The Labute approximate surface area is 123 Å². The van der Waals surface area contributed by atoms with Gasteiger partial charge in [-0.05, 0) is 24.7 Å². The van der Waals surface area contributed by atoms with E-state index in [9.17, 15) is 14.9 Å². The molecule has 7 heteroatoms. The zero-order chi connectivity index (χ0) is 15.5. The summed E-state index contributed by atoms with van der Waals surface area (Å²) < 4.78 is 0. The number of aromatic nitrogens is 1. The molecule has 114 valence electrons. The lowest BCUT2D eigenvalue weighted by molar-refractivity contribution is -0.385. The van der Waals surface area contributed by atoms with Gasteiger partial charge in [-0.3, -0.25) is 14.9 Å². The number of hydrogen-bond acceptors (Lipinski definition) is 5. The number of anilines is 1. The molecule has 0 bridgehead atoms. The van der Waals surface area contributed by atoms with Crippen molar-refractivity contribution in [2.45, 2.75) is 33.1 Å². The number of amides is 1. The van der Waals surface area contributed by atoms with Gasteiger partial charge in [0.25, 0.3) is 11.6 Å². The second-order valence-electron chi connectivity index (χ2n) is 5.76. The van der Waals surface area contributed by atoms with Gasteiger partial charge < -0.3 is 10.6 Å². The fourth-order valence-electron chi connectivity index (χ4n) is 1.90. The Kier molecular flexibility index (Phi) is 4.40. The fraction of sp³-hybridized carbons (Fsp3) is 0.571. The van der Waals surface area contributed by atoms with Crippen LogP contribution in [0.1, 0.15) is 43.5 Å². The highest BCUT2D eigenvalue weighted by Gasteiger charge is 2.37. The molecule has 1 amide bonds. The predicted molar refractivity (Wildman–Crippen MR) is 79.3 cm³/mol. The third kappa shape index (κ3) is 3.90. The van der Waals surface area contributed by atoms with Gasteiger partial charge in [0.1, 0.15) is 17.6 Å².